The minimum absolute atomic E-state index is 0.0735. The third kappa shape index (κ3) is 5.09. The molecule has 0 unspecified atom stereocenters. The summed E-state index contributed by atoms with van der Waals surface area (Å²) in [7, 11) is 0. The van der Waals surface area contributed by atoms with Crippen LogP contribution < -0.4 is 10.2 Å². The molecule has 0 saturated carbocycles. The molecule has 1 aliphatic heterocycles. The highest BCUT2D eigenvalue weighted by molar-refractivity contribution is 5.78. The van der Waals surface area contributed by atoms with E-state index < -0.39 is 0 Å². The van der Waals surface area contributed by atoms with Gasteiger partial charge in [-0.15, -0.1) is 0 Å². The van der Waals surface area contributed by atoms with Gasteiger partial charge in [0.05, 0.1) is 6.42 Å². The Hall–Kier alpha value is -2.29. The molecule has 132 valence electrons. The largest absolute Gasteiger partial charge is 0.372 e. The number of hydrogen-bond acceptors (Lipinski definition) is 2. The Morgan fingerprint density at radius 3 is 2.12 bits per heavy atom. The molecular formula is C22H28N2O. The molecule has 1 aliphatic rings. The van der Waals surface area contributed by atoms with Gasteiger partial charge in [-0.05, 0) is 54.5 Å². The van der Waals surface area contributed by atoms with Crippen molar-refractivity contribution < 1.29 is 4.79 Å². The second-order valence-electron chi connectivity index (χ2n) is 6.84. The average Bonchev–Trinajstić information content (AvgIpc) is 2.68. The van der Waals surface area contributed by atoms with E-state index in [1.165, 1.54) is 30.5 Å². The molecule has 1 amide bonds. The molecule has 0 radical (unpaired) electrons. The first-order chi connectivity index (χ1) is 12.2. The van der Waals surface area contributed by atoms with Crippen molar-refractivity contribution in [3.63, 3.8) is 0 Å². The van der Waals surface area contributed by atoms with E-state index in [2.05, 4.69) is 53.5 Å². The van der Waals surface area contributed by atoms with Gasteiger partial charge >= 0.3 is 0 Å². The first-order valence-corrected chi connectivity index (χ1v) is 9.43. The predicted molar refractivity (Wildman–Crippen MR) is 104 cm³/mol. The molecule has 3 nitrogen and oxygen atoms in total. The SMILES string of the molecule is CCc1ccc(CC(=O)NCc2ccc(N3CCCCC3)cc2)cc1. The second-order valence-corrected chi connectivity index (χ2v) is 6.84. The third-order valence-electron chi connectivity index (χ3n) is 4.94. The maximum Gasteiger partial charge on any atom is 0.224 e. The molecule has 2 aromatic rings. The van der Waals surface area contributed by atoms with Gasteiger partial charge in [0, 0.05) is 25.3 Å². The Labute approximate surface area is 151 Å². The van der Waals surface area contributed by atoms with Gasteiger partial charge in [-0.2, -0.15) is 0 Å². The zero-order valence-electron chi connectivity index (χ0n) is 15.1. The Morgan fingerprint density at radius 1 is 0.880 bits per heavy atom. The highest BCUT2D eigenvalue weighted by Gasteiger charge is 2.10. The van der Waals surface area contributed by atoms with Gasteiger partial charge < -0.3 is 10.2 Å². The van der Waals surface area contributed by atoms with E-state index in [-0.39, 0.29) is 5.91 Å². The van der Waals surface area contributed by atoms with Crippen LogP contribution in [0.4, 0.5) is 5.69 Å². The smallest absolute Gasteiger partial charge is 0.224 e. The van der Waals surface area contributed by atoms with Gasteiger partial charge in [-0.1, -0.05) is 43.3 Å². The molecule has 25 heavy (non-hydrogen) atoms. The Morgan fingerprint density at radius 2 is 1.48 bits per heavy atom. The van der Waals surface area contributed by atoms with Crippen LogP contribution in [0.3, 0.4) is 0 Å². The fourth-order valence-electron chi connectivity index (χ4n) is 3.32. The lowest BCUT2D eigenvalue weighted by Crippen LogP contribution is -2.29. The summed E-state index contributed by atoms with van der Waals surface area (Å²) >= 11 is 0. The quantitative estimate of drug-likeness (QED) is 0.861. The molecule has 3 heteroatoms. The number of nitrogens with zero attached hydrogens (tertiary/aromatic N) is 1. The monoisotopic (exact) mass is 336 g/mol. The molecule has 1 saturated heterocycles. The molecule has 0 atom stereocenters. The zero-order valence-corrected chi connectivity index (χ0v) is 15.1. The van der Waals surface area contributed by atoms with E-state index in [1.807, 2.05) is 12.1 Å². The number of anilines is 1. The van der Waals surface area contributed by atoms with Crippen molar-refractivity contribution >= 4 is 11.6 Å². The molecule has 1 fully saturated rings. The normalized spacial score (nSPS) is 14.4. The lowest BCUT2D eigenvalue weighted by molar-refractivity contribution is -0.120. The van der Waals surface area contributed by atoms with E-state index in [0.717, 1.165) is 30.6 Å². The van der Waals surface area contributed by atoms with Crippen LogP contribution >= 0.6 is 0 Å². The van der Waals surface area contributed by atoms with Crippen molar-refractivity contribution in [2.24, 2.45) is 0 Å². The van der Waals surface area contributed by atoms with Crippen molar-refractivity contribution in [3.05, 3.63) is 65.2 Å². The topological polar surface area (TPSA) is 32.3 Å². The first kappa shape index (κ1) is 17.5. The van der Waals surface area contributed by atoms with Gasteiger partial charge in [-0.3, -0.25) is 4.79 Å². The summed E-state index contributed by atoms with van der Waals surface area (Å²) in [6, 6.07) is 16.9. The summed E-state index contributed by atoms with van der Waals surface area (Å²) in [5.41, 5.74) is 4.81. The molecule has 0 spiro atoms. The second kappa shape index (κ2) is 8.70. The van der Waals surface area contributed by atoms with Crippen molar-refractivity contribution in [2.75, 3.05) is 18.0 Å². The number of benzene rings is 2. The molecular weight excluding hydrogens is 308 g/mol. The van der Waals surface area contributed by atoms with Crippen molar-refractivity contribution in [2.45, 2.75) is 45.6 Å². The number of hydrogen-bond donors (Lipinski definition) is 1. The lowest BCUT2D eigenvalue weighted by atomic mass is 10.1. The van der Waals surface area contributed by atoms with Crippen LogP contribution in [0.1, 0.15) is 42.9 Å². The molecule has 0 bridgehead atoms. The third-order valence-corrected chi connectivity index (χ3v) is 4.94. The number of aryl methyl sites for hydroxylation is 1. The first-order valence-electron chi connectivity index (χ1n) is 9.43. The number of carbonyl (C=O) groups excluding carboxylic acids is 1. The summed E-state index contributed by atoms with van der Waals surface area (Å²) in [5.74, 6) is 0.0735. The number of piperidine rings is 1. The standard InChI is InChI=1S/C22H28N2O/c1-2-18-6-8-19(9-7-18)16-22(25)23-17-20-10-12-21(13-11-20)24-14-4-3-5-15-24/h6-13H,2-5,14-17H2,1H3,(H,23,25). The van der Waals surface area contributed by atoms with Gasteiger partial charge in [-0.25, -0.2) is 0 Å². The molecule has 2 aromatic carbocycles. The number of nitrogens with one attached hydrogen (secondary N) is 1. The highest BCUT2D eigenvalue weighted by atomic mass is 16.1. The number of rotatable bonds is 6. The van der Waals surface area contributed by atoms with E-state index >= 15 is 0 Å². The van der Waals surface area contributed by atoms with Crippen molar-refractivity contribution in [3.8, 4) is 0 Å². The van der Waals surface area contributed by atoms with Crippen molar-refractivity contribution in [1.29, 1.82) is 0 Å². The molecule has 0 aliphatic carbocycles. The van der Waals surface area contributed by atoms with Gasteiger partial charge in [0.1, 0.15) is 0 Å². The fourth-order valence-corrected chi connectivity index (χ4v) is 3.32. The molecule has 3 rings (SSSR count). The maximum atomic E-state index is 12.1. The lowest BCUT2D eigenvalue weighted by Gasteiger charge is -2.28. The highest BCUT2D eigenvalue weighted by Crippen LogP contribution is 2.20. The van der Waals surface area contributed by atoms with Crippen molar-refractivity contribution in [1.82, 2.24) is 5.32 Å². The Balaban J connectivity index is 1.47. The minimum Gasteiger partial charge on any atom is -0.372 e. The summed E-state index contributed by atoms with van der Waals surface area (Å²) in [4.78, 5) is 14.6. The zero-order chi connectivity index (χ0) is 17.5. The summed E-state index contributed by atoms with van der Waals surface area (Å²) in [6.45, 7) is 5.05. The molecule has 1 N–H and O–H groups in total. The van der Waals surface area contributed by atoms with Gasteiger partial charge in [0.25, 0.3) is 0 Å². The van der Waals surface area contributed by atoms with Crippen LogP contribution in [0.2, 0.25) is 0 Å². The van der Waals surface area contributed by atoms with E-state index in [0.29, 0.717) is 13.0 Å². The molecule has 0 aromatic heterocycles. The van der Waals surface area contributed by atoms with E-state index in [4.69, 9.17) is 0 Å². The Kier molecular flexibility index (Phi) is 6.10. The predicted octanol–water partition coefficient (Wildman–Crippen LogP) is 4.10. The number of carbonyl (C=O) groups is 1. The Bertz CT molecular complexity index is 670. The maximum absolute atomic E-state index is 12.1. The van der Waals surface area contributed by atoms with Crippen LogP contribution in [-0.2, 0) is 24.2 Å². The van der Waals surface area contributed by atoms with E-state index in [1.54, 1.807) is 0 Å². The average molecular weight is 336 g/mol. The summed E-state index contributed by atoms with van der Waals surface area (Å²) < 4.78 is 0. The van der Waals surface area contributed by atoms with Crippen LogP contribution in [0.25, 0.3) is 0 Å². The van der Waals surface area contributed by atoms with E-state index in [9.17, 15) is 4.79 Å². The molecule has 1 heterocycles. The fraction of sp³-hybridized carbons (Fsp3) is 0.409. The van der Waals surface area contributed by atoms with Crippen LogP contribution in [-0.4, -0.2) is 19.0 Å². The minimum atomic E-state index is 0.0735. The number of amides is 1. The van der Waals surface area contributed by atoms with Crippen LogP contribution in [0.15, 0.2) is 48.5 Å². The summed E-state index contributed by atoms with van der Waals surface area (Å²) in [6.07, 6.45) is 5.39. The van der Waals surface area contributed by atoms with Crippen LogP contribution in [0, 0.1) is 0 Å². The van der Waals surface area contributed by atoms with Gasteiger partial charge in [0.15, 0.2) is 0 Å². The van der Waals surface area contributed by atoms with Gasteiger partial charge in [0.2, 0.25) is 5.91 Å². The van der Waals surface area contributed by atoms with Crippen LogP contribution in [0.5, 0.6) is 0 Å². The summed E-state index contributed by atoms with van der Waals surface area (Å²) in [5, 5.41) is 3.02.